The Kier molecular flexibility index (Phi) is 6.00. The molecule has 1 aliphatic heterocycles. The first-order valence-electron chi connectivity index (χ1n) is 8.13. The molecule has 2 rings (SSSR count). The van der Waals surface area contributed by atoms with Crippen LogP contribution in [-0.4, -0.2) is 52.4 Å². The highest BCUT2D eigenvalue weighted by molar-refractivity contribution is 7.88. The second-order valence-corrected chi connectivity index (χ2v) is 8.65. The van der Waals surface area contributed by atoms with E-state index in [-0.39, 0.29) is 19.0 Å². The van der Waals surface area contributed by atoms with Gasteiger partial charge in [0.05, 0.1) is 30.7 Å². The molecule has 9 heteroatoms. The summed E-state index contributed by atoms with van der Waals surface area (Å²) in [5.41, 5.74) is 1.47. The van der Waals surface area contributed by atoms with Crippen molar-refractivity contribution in [3.05, 3.63) is 17.5 Å². The number of nitrogens with zero attached hydrogens (tertiary/aromatic N) is 3. The van der Waals surface area contributed by atoms with Gasteiger partial charge < -0.3 is 10.4 Å². The Balaban J connectivity index is 1.99. The Labute approximate surface area is 142 Å². The average molecular weight is 358 g/mol. The first-order chi connectivity index (χ1) is 11.2. The number of carbonyl (C=O) groups excluding carboxylic acids is 1. The van der Waals surface area contributed by atoms with Crippen molar-refractivity contribution in [3.8, 4) is 0 Å². The minimum atomic E-state index is -3.24. The van der Waals surface area contributed by atoms with Crippen LogP contribution in [0.3, 0.4) is 0 Å². The Morgan fingerprint density at radius 2 is 2.12 bits per heavy atom. The largest absolute Gasteiger partial charge is 0.383 e. The minimum absolute atomic E-state index is 0.215. The molecule has 1 aliphatic rings. The highest BCUT2D eigenvalue weighted by atomic mass is 32.2. The molecule has 24 heavy (non-hydrogen) atoms. The molecule has 0 radical (unpaired) electrons. The number of fused-ring (bicyclic) bond motifs is 1. The highest BCUT2D eigenvalue weighted by Crippen LogP contribution is 2.16. The predicted molar refractivity (Wildman–Crippen MR) is 89.4 cm³/mol. The molecule has 0 aliphatic carbocycles. The number of rotatable bonds is 6. The summed E-state index contributed by atoms with van der Waals surface area (Å²) in [7, 11) is -3.24. The molecule has 0 fully saturated rings. The standard InChI is InChI=1S/C15H26N4O4S/c1-11(2)7-14(20)15(21)16-9-12-8-13-10-18(24(3,22)23)5-4-6-19(13)17-12/h8,11,14,20H,4-7,9-10H2,1-3H3,(H,16,21)/t14-/m1/s1. The van der Waals surface area contributed by atoms with Crippen molar-refractivity contribution in [2.24, 2.45) is 5.92 Å². The molecule has 0 spiro atoms. The smallest absolute Gasteiger partial charge is 0.249 e. The summed E-state index contributed by atoms with van der Waals surface area (Å²) in [6, 6.07) is 1.80. The van der Waals surface area contributed by atoms with Crippen molar-refractivity contribution in [3.63, 3.8) is 0 Å². The number of hydrogen-bond donors (Lipinski definition) is 2. The third kappa shape index (κ3) is 5.02. The Bertz CT molecular complexity index is 684. The van der Waals surface area contributed by atoms with E-state index in [4.69, 9.17) is 0 Å². The molecule has 0 saturated heterocycles. The Morgan fingerprint density at radius 3 is 2.75 bits per heavy atom. The number of aliphatic hydroxyl groups excluding tert-OH is 1. The summed E-state index contributed by atoms with van der Waals surface area (Å²) in [6.07, 6.45) is 1.29. The molecule has 0 bridgehead atoms. The van der Waals surface area contributed by atoms with E-state index in [1.807, 2.05) is 13.8 Å². The maximum Gasteiger partial charge on any atom is 0.249 e. The molecule has 0 aromatic carbocycles. The summed E-state index contributed by atoms with van der Waals surface area (Å²) >= 11 is 0. The molecular formula is C15H26N4O4S. The molecule has 1 atom stereocenters. The van der Waals surface area contributed by atoms with Crippen LogP contribution in [0.1, 0.15) is 38.1 Å². The van der Waals surface area contributed by atoms with E-state index in [0.717, 1.165) is 5.69 Å². The van der Waals surface area contributed by atoms with Crippen molar-refractivity contribution in [1.29, 1.82) is 0 Å². The summed E-state index contributed by atoms with van der Waals surface area (Å²) in [6.45, 7) is 5.51. The van der Waals surface area contributed by atoms with Crippen LogP contribution in [0.25, 0.3) is 0 Å². The van der Waals surface area contributed by atoms with Crippen molar-refractivity contribution in [1.82, 2.24) is 19.4 Å². The third-order valence-electron chi connectivity index (χ3n) is 3.94. The van der Waals surface area contributed by atoms with Crippen LogP contribution < -0.4 is 5.32 Å². The van der Waals surface area contributed by atoms with E-state index < -0.39 is 22.0 Å². The number of aliphatic hydroxyl groups is 1. The first kappa shape index (κ1) is 18.9. The Hall–Kier alpha value is -1.45. The van der Waals surface area contributed by atoms with Gasteiger partial charge in [0, 0.05) is 13.1 Å². The van der Waals surface area contributed by atoms with Crippen LogP contribution in [0.15, 0.2) is 6.07 Å². The average Bonchev–Trinajstić information content (AvgIpc) is 2.73. The SMILES string of the molecule is CC(C)C[C@@H](O)C(=O)NCc1cc2n(n1)CCCN(S(C)(=O)=O)C2. The second kappa shape index (κ2) is 7.62. The molecule has 0 unspecified atom stereocenters. The van der Waals surface area contributed by atoms with Crippen LogP contribution in [-0.2, 0) is 34.5 Å². The van der Waals surface area contributed by atoms with E-state index in [1.165, 1.54) is 10.6 Å². The lowest BCUT2D eigenvalue weighted by Crippen LogP contribution is -2.35. The van der Waals surface area contributed by atoms with Crippen LogP contribution >= 0.6 is 0 Å². The zero-order chi connectivity index (χ0) is 17.9. The number of hydrogen-bond acceptors (Lipinski definition) is 5. The molecule has 1 amide bonds. The van der Waals surface area contributed by atoms with Gasteiger partial charge in [0.2, 0.25) is 15.9 Å². The van der Waals surface area contributed by atoms with Gasteiger partial charge in [-0.1, -0.05) is 13.8 Å². The van der Waals surface area contributed by atoms with Gasteiger partial charge in [-0.25, -0.2) is 8.42 Å². The van der Waals surface area contributed by atoms with Gasteiger partial charge in [0.1, 0.15) is 6.10 Å². The minimum Gasteiger partial charge on any atom is -0.383 e. The van der Waals surface area contributed by atoms with E-state index in [9.17, 15) is 18.3 Å². The highest BCUT2D eigenvalue weighted by Gasteiger charge is 2.23. The first-order valence-corrected chi connectivity index (χ1v) is 9.98. The van der Waals surface area contributed by atoms with E-state index in [0.29, 0.717) is 31.6 Å². The fraction of sp³-hybridized carbons (Fsp3) is 0.733. The van der Waals surface area contributed by atoms with Gasteiger partial charge >= 0.3 is 0 Å². The van der Waals surface area contributed by atoms with Gasteiger partial charge in [0.15, 0.2) is 0 Å². The van der Waals surface area contributed by atoms with Crippen LogP contribution in [0, 0.1) is 5.92 Å². The molecule has 2 N–H and O–H groups in total. The molecular weight excluding hydrogens is 332 g/mol. The van der Waals surface area contributed by atoms with E-state index in [1.54, 1.807) is 10.7 Å². The van der Waals surface area contributed by atoms with E-state index >= 15 is 0 Å². The summed E-state index contributed by atoms with van der Waals surface area (Å²) < 4.78 is 26.7. The monoisotopic (exact) mass is 358 g/mol. The molecule has 1 aromatic heterocycles. The van der Waals surface area contributed by atoms with Gasteiger partial charge in [-0.2, -0.15) is 9.40 Å². The predicted octanol–water partition coefficient (Wildman–Crippen LogP) is 0.0716. The molecule has 2 heterocycles. The normalized spacial score (nSPS) is 17.4. The van der Waals surface area contributed by atoms with Crippen LogP contribution in [0.2, 0.25) is 0 Å². The summed E-state index contributed by atoms with van der Waals surface area (Å²) in [4.78, 5) is 11.9. The number of amides is 1. The van der Waals surface area contributed by atoms with Crippen LogP contribution in [0.5, 0.6) is 0 Å². The lowest BCUT2D eigenvalue weighted by atomic mass is 10.1. The lowest BCUT2D eigenvalue weighted by Gasteiger charge is -2.16. The van der Waals surface area contributed by atoms with Gasteiger partial charge in [0.25, 0.3) is 0 Å². The number of aryl methyl sites for hydroxylation is 1. The van der Waals surface area contributed by atoms with Crippen LogP contribution in [0.4, 0.5) is 0 Å². The van der Waals surface area contributed by atoms with Gasteiger partial charge in [-0.3, -0.25) is 9.48 Å². The van der Waals surface area contributed by atoms with Crippen molar-refractivity contribution >= 4 is 15.9 Å². The molecule has 1 aromatic rings. The molecule has 8 nitrogen and oxygen atoms in total. The second-order valence-electron chi connectivity index (χ2n) is 6.66. The third-order valence-corrected chi connectivity index (χ3v) is 5.19. The Morgan fingerprint density at radius 1 is 1.42 bits per heavy atom. The number of carbonyl (C=O) groups is 1. The fourth-order valence-corrected chi connectivity index (χ4v) is 3.54. The lowest BCUT2D eigenvalue weighted by molar-refractivity contribution is -0.130. The zero-order valence-corrected chi connectivity index (χ0v) is 15.2. The fourth-order valence-electron chi connectivity index (χ4n) is 2.71. The van der Waals surface area contributed by atoms with Crippen molar-refractivity contribution in [2.75, 3.05) is 12.8 Å². The zero-order valence-electron chi connectivity index (χ0n) is 14.4. The quantitative estimate of drug-likeness (QED) is 0.749. The van der Waals surface area contributed by atoms with Crippen molar-refractivity contribution in [2.45, 2.75) is 52.4 Å². The molecule has 136 valence electrons. The van der Waals surface area contributed by atoms with E-state index in [2.05, 4.69) is 10.4 Å². The topological polar surface area (TPSA) is 105 Å². The van der Waals surface area contributed by atoms with Crippen molar-refractivity contribution < 1.29 is 18.3 Å². The number of nitrogens with one attached hydrogen (secondary N) is 1. The maximum absolute atomic E-state index is 11.9. The summed E-state index contributed by atoms with van der Waals surface area (Å²) in [5, 5.41) is 16.9. The summed E-state index contributed by atoms with van der Waals surface area (Å²) in [5.74, 6) is -0.180. The maximum atomic E-state index is 11.9. The number of aromatic nitrogens is 2. The van der Waals surface area contributed by atoms with Gasteiger partial charge in [-0.15, -0.1) is 0 Å². The number of sulfonamides is 1. The molecule has 0 saturated carbocycles. The van der Waals surface area contributed by atoms with Gasteiger partial charge in [-0.05, 0) is 24.8 Å².